The highest BCUT2D eigenvalue weighted by Gasteiger charge is 2.16. The number of hydrogen-bond donors (Lipinski definition) is 3. The second kappa shape index (κ2) is 7.70. The van der Waals surface area contributed by atoms with Crippen molar-refractivity contribution in [3.8, 4) is 5.69 Å². The Kier molecular flexibility index (Phi) is 5.07. The monoisotopic (exact) mass is 440 g/mol. The molecule has 150 valence electrons. The number of aromatic nitrogens is 2. The number of amides is 1. The van der Waals surface area contributed by atoms with E-state index in [1.54, 1.807) is 53.1 Å². The Morgan fingerprint density at radius 3 is 2.33 bits per heavy atom. The molecule has 0 spiro atoms. The van der Waals surface area contributed by atoms with Gasteiger partial charge in [0.15, 0.2) is 0 Å². The standard InChI is InChI=1S/C21H14Cl2N4O3/c22-13-4-7-15(23)16(10-13)25-21-26-17-9-12(20(29)30)3-8-18(17)27(21)14-5-1-11(2-6-14)19(24)28/h1-10H,(H2,24,28)(H,25,26)(H,29,30). The van der Waals surface area contributed by atoms with E-state index in [4.69, 9.17) is 28.9 Å². The fourth-order valence-electron chi connectivity index (χ4n) is 3.05. The molecule has 1 amide bonds. The highest BCUT2D eigenvalue weighted by atomic mass is 35.5. The number of benzene rings is 3. The number of carbonyl (C=O) groups is 2. The second-order valence-corrected chi connectivity index (χ2v) is 7.28. The molecule has 9 heteroatoms. The van der Waals surface area contributed by atoms with Crippen molar-refractivity contribution in [3.05, 3.63) is 81.8 Å². The lowest BCUT2D eigenvalue weighted by Gasteiger charge is -2.12. The molecular formula is C21H14Cl2N4O3. The number of carbonyl (C=O) groups excluding carboxylic acids is 1. The van der Waals surface area contributed by atoms with Gasteiger partial charge in [-0.2, -0.15) is 0 Å². The van der Waals surface area contributed by atoms with Crippen molar-refractivity contribution in [2.24, 2.45) is 5.73 Å². The molecule has 0 bridgehead atoms. The first-order valence-electron chi connectivity index (χ1n) is 8.71. The molecule has 1 aromatic heterocycles. The maximum Gasteiger partial charge on any atom is 0.335 e. The number of hydrogen-bond acceptors (Lipinski definition) is 4. The summed E-state index contributed by atoms with van der Waals surface area (Å²) in [5.74, 6) is -1.19. The number of rotatable bonds is 5. The first kappa shape index (κ1) is 19.8. The minimum Gasteiger partial charge on any atom is -0.478 e. The molecule has 30 heavy (non-hydrogen) atoms. The van der Waals surface area contributed by atoms with Crippen LogP contribution in [0.25, 0.3) is 16.7 Å². The smallest absolute Gasteiger partial charge is 0.335 e. The maximum atomic E-state index is 11.4. The van der Waals surface area contributed by atoms with Crippen LogP contribution in [0.15, 0.2) is 60.7 Å². The second-order valence-electron chi connectivity index (χ2n) is 6.44. The molecule has 0 unspecified atom stereocenters. The Hall–Kier alpha value is -3.55. The minimum atomic E-state index is -1.05. The number of nitrogens with two attached hydrogens (primary N) is 1. The van der Waals surface area contributed by atoms with Gasteiger partial charge >= 0.3 is 5.97 Å². The summed E-state index contributed by atoms with van der Waals surface area (Å²) < 4.78 is 1.78. The van der Waals surface area contributed by atoms with Crippen LogP contribution in [0.3, 0.4) is 0 Å². The van der Waals surface area contributed by atoms with Crippen molar-refractivity contribution in [2.45, 2.75) is 0 Å². The number of primary amides is 1. The number of imidazole rings is 1. The van der Waals surface area contributed by atoms with E-state index in [9.17, 15) is 14.7 Å². The van der Waals surface area contributed by atoms with Crippen LogP contribution in [0.5, 0.6) is 0 Å². The lowest BCUT2D eigenvalue weighted by atomic mass is 10.2. The largest absolute Gasteiger partial charge is 0.478 e. The van der Waals surface area contributed by atoms with Crippen molar-refractivity contribution < 1.29 is 14.7 Å². The Labute approximate surface area is 180 Å². The number of halogens is 2. The molecule has 0 aliphatic heterocycles. The van der Waals surface area contributed by atoms with Crippen LogP contribution in [0.1, 0.15) is 20.7 Å². The summed E-state index contributed by atoms with van der Waals surface area (Å²) in [5.41, 5.74) is 8.15. The highest BCUT2D eigenvalue weighted by molar-refractivity contribution is 6.35. The number of aromatic carboxylic acids is 1. The molecular weight excluding hydrogens is 427 g/mol. The fraction of sp³-hybridized carbons (Fsp3) is 0. The molecule has 0 saturated carbocycles. The summed E-state index contributed by atoms with van der Waals surface area (Å²) in [5, 5.41) is 13.4. The SMILES string of the molecule is NC(=O)c1ccc(-n2c(Nc3cc(Cl)ccc3Cl)nc3cc(C(=O)O)ccc32)cc1. The van der Waals surface area contributed by atoms with Gasteiger partial charge in [0.1, 0.15) is 0 Å². The molecule has 4 rings (SSSR count). The van der Waals surface area contributed by atoms with Gasteiger partial charge in [-0.25, -0.2) is 9.78 Å². The zero-order valence-electron chi connectivity index (χ0n) is 15.3. The summed E-state index contributed by atoms with van der Waals surface area (Å²) in [7, 11) is 0. The molecule has 7 nitrogen and oxygen atoms in total. The van der Waals surface area contributed by atoms with E-state index in [0.717, 1.165) is 0 Å². The first-order valence-corrected chi connectivity index (χ1v) is 9.47. The zero-order valence-corrected chi connectivity index (χ0v) is 16.8. The molecule has 3 aromatic carbocycles. The summed E-state index contributed by atoms with van der Waals surface area (Å²) in [6.45, 7) is 0. The van der Waals surface area contributed by atoms with Crippen LogP contribution in [0, 0.1) is 0 Å². The van der Waals surface area contributed by atoms with E-state index in [1.165, 1.54) is 12.1 Å². The van der Waals surface area contributed by atoms with E-state index in [-0.39, 0.29) is 5.56 Å². The molecule has 4 N–H and O–H groups in total. The van der Waals surface area contributed by atoms with Gasteiger partial charge in [-0.05, 0) is 60.7 Å². The fourth-order valence-corrected chi connectivity index (χ4v) is 3.38. The maximum absolute atomic E-state index is 11.4. The third-order valence-corrected chi connectivity index (χ3v) is 5.05. The van der Waals surface area contributed by atoms with Crippen molar-refractivity contribution in [1.29, 1.82) is 0 Å². The number of carboxylic acid groups (broad SMARTS) is 1. The summed E-state index contributed by atoms with van der Waals surface area (Å²) in [4.78, 5) is 27.3. The molecule has 0 saturated heterocycles. The van der Waals surface area contributed by atoms with Crippen molar-refractivity contribution in [3.63, 3.8) is 0 Å². The third-order valence-electron chi connectivity index (χ3n) is 4.49. The van der Waals surface area contributed by atoms with E-state index in [2.05, 4.69) is 10.3 Å². The average molecular weight is 441 g/mol. The molecule has 0 fully saturated rings. The van der Waals surface area contributed by atoms with Gasteiger partial charge < -0.3 is 16.2 Å². The molecule has 0 aliphatic rings. The third kappa shape index (κ3) is 3.68. The van der Waals surface area contributed by atoms with E-state index in [1.807, 2.05) is 0 Å². The number of fused-ring (bicyclic) bond motifs is 1. The van der Waals surface area contributed by atoms with Crippen LogP contribution >= 0.6 is 23.2 Å². The van der Waals surface area contributed by atoms with Crippen molar-refractivity contribution in [1.82, 2.24) is 9.55 Å². The molecule has 0 atom stereocenters. The van der Waals surface area contributed by atoms with E-state index < -0.39 is 11.9 Å². The lowest BCUT2D eigenvalue weighted by molar-refractivity contribution is 0.0696. The normalized spacial score (nSPS) is 10.9. The topological polar surface area (TPSA) is 110 Å². The Balaban J connectivity index is 1.90. The molecule has 4 aromatic rings. The van der Waals surface area contributed by atoms with E-state index in [0.29, 0.717) is 44.0 Å². The number of anilines is 2. The molecule has 1 heterocycles. The van der Waals surface area contributed by atoms with Crippen LogP contribution < -0.4 is 11.1 Å². The number of nitrogens with zero attached hydrogens (tertiary/aromatic N) is 2. The van der Waals surface area contributed by atoms with Gasteiger partial charge in [0.25, 0.3) is 0 Å². The van der Waals surface area contributed by atoms with Crippen molar-refractivity contribution >= 4 is 57.7 Å². The quantitative estimate of drug-likeness (QED) is 0.409. The number of nitrogens with one attached hydrogen (secondary N) is 1. The number of carboxylic acids is 1. The van der Waals surface area contributed by atoms with Gasteiger partial charge in [0.2, 0.25) is 11.9 Å². The van der Waals surface area contributed by atoms with Gasteiger partial charge in [-0.1, -0.05) is 23.2 Å². The molecule has 0 aliphatic carbocycles. The summed E-state index contributed by atoms with van der Waals surface area (Å²) in [6.07, 6.45) is 0. The first-order chi connectivity index (χ1) is 14.3. The van der Waals surface area contributed by atoms with E-state index >= 15 is 0 Å². The van der Waals surface area contributed by atoms with Gasteiger partial charge in [-0.15, -0.1) is 0 Å². The Morgan fingerprint density at radius 2 is 1.67 bits per heavy atom. The van der Waals surface area contributed by atoms with Crippen LogP contribution in [0.2, 0.25) is 10.0 Å². The lowest BCUT2D eigenvalue weighted by Crippen LogP contribution is -2.11. The minimum absolute atomic E-state index is 0.114. The summed E-state index contributed by atoms with van der Waals surface area (Å²) >= 11 is 12.4. The summed E-state index contributed by atoms with van der Waals surface area (Å²) in [6, 6.07) is 16.3. The highest BCUT2D eigenvalue weighted by Crippen LogP contribution is 2.32. The van der Waals surface area contributed by atoms with Crippen LogP contribution in [-0.4, -0.2) is 26.5 Å². The predicted octanol–water partition coefficient (Wildman–Crippen LogP) is 4.87. The van der Waals surface area contributed by atoms with Crippen molar-refractivity contribution in [2.75, 3.05) is 5.32 Å². The molecule has 0 radical (unpaired) electrons. The van der Waals surface area contributed by atoms with Gasteiger partial charge in [0.05, 0.1) is 27.3 Å². The average Bonchev–Trinajstić information content (AvgIpc) is 3.07. The Morgan fingerprint density at radius 1 is 0.967 bits per heavy atom. The van der Waals surface area contributed by atoms with Crippen LogP contribution in [-0.2, 0) is 0 Å². The van der Waals surface area contributed by atoms with Gasteiger partial charge in [-0.3, -0.25) is 9.36 Å². The Bertz CT molecular complexity index is 1300. The van der Waals surface area contributed by atoms with Gasteiger partial charge in [0, 0.05) is 16.3 Å². The van der Waals surface area contributed by atoms with Crippen LogP contribution in [0.4, 0.5) is 11.6 Å². The predicted molar refractivity (Wildman–Crippen MR) is 116 cm³/mol. The zero-order chi connectivity index (χ0) is 21.4.